The van der Waals surface area contributed by atoms with E-state index in [0.717, 1.165) is 27.5 Å². The summed E-state index contributed by atoms with van der Waals surface area (Å²) in [5.74, 6) is -1.28. The summed E-state index contributed by atoms with van der Waals surface area (Å²) in [4.78, 5) is 11.1. The Kier molecular flexibility index (Phi) is 3.24. The number of halogens is 1. The average molecular weight is 296 g/mol. The largest absolute Gasteiger partial charge is 0.481 e. The van der Waals surface area contributed by atoms with Crippen LogP contribution in [0.15, 0.2) is 28.9 Å². The third kappa shape index (κ3) is 2.09. The molecule has 0 saturated carbocycles. The summed E-state index contributed by atoms with van der Waals surface area (Å²) in [5.41, 5.74) is 1.95. The molecule has 3 nitrogen and oxygen atoms in total. The van der Waals surface area contributed by atoms with Crippen LogP contribution < -0.4 is 0 Å². The van der Waals surface area contributed by atoms with Crippen LogP contribution in [0.3, 0.4) is 0 Å². The van der Waals surface area contributed by atoms with Gasteiger partial charge in [-0.3, -0.25) is 4.79 Å². The molecule has 1 unspecified atom stereocenters. The second kappa shape index (κ2) is 4.53. The molecule has 0 spiro atoms. The Labute approximate surface area is 108 Å². The predicted molar refractivity (Wildman–Crippen MR) is 71.4 cm³/mol. The van der Waals surface area contributed by atoms with Crippen molar-refractivity contribution >= 4 is 32.8 Å². The van der Waals surface area contributed by atoms with Crippen molar-refractivity contribution in [3.05, 3.63) is 34.4 Å². The Balaban J connectivity index is 2.70. The highest BCUT2D eigenvalue weighted by atomic mass is 79.9. The molecule has 0 amide bonds. The van der Waals surface area contributed by atoms with Gasteiger partial charge in [0.2, 0.25) is 0 Å². The second-order valence-corrected chi connectivity index (χ2v) is 5.01. The molecule has 0 saturated heterocycles. The van der Waals surface area contributed by atoms with Gasteiger partial charge in [0, 0.05) is 28.1 Å². The van der Waals surface area contributed by atoms with Gasteiger partial charge in [-0.2, -0.15) is 0 Å². The van der Waals surface area contributed by atoms with Crippen molar-refractivity contribution in [3.8, 4) is 0 Å². The molecular weight excluding hydrogens is 282 g/mol. The summed E-state index contributed by atoms with van der Waals surface area (Å²) in [5, 5.41) is 10.1. The number of hydrogen-bond donors (Lipinski definition) is 1. The molecule has 1 heterocycles. The number of hydrogen-bond acceptors (Lipinski definition) is 1. The molecule has 1 N–H and O–H groups in total. The molecule has 90 valence electrons. The van der Waals surface area contributed by atoms with Gasteiger partial charge < -0.3 is 9.67 Å². The van der Waals surface area contributed by atoms with Crippen LogP contribution in [0, 0.1) is 0 Å². The SMILES string of the molecule is CCn1cc(C(C)C(=O)O)c2cc(Br)ccc21. The fraction of sp³-hybridized carbons (Fsp3) is 0.308. The summed E-state index contributed by atoms with van der Waals surface area (Å²) in [6.07, 6.45) is 1.94. The molecule has 2 aromatic rings. The Morgan fingerprint density at radius 3 is 2.82 bits per heavy atom. The quantitative estimate of drug-likeness (QED) is 0.940. The molecule has 0 bridgehead atoms. The minimum absolute atomic E-state index is 0.486. The molecular formula is C13H14BrNO2. The van der Waals surface area contributed by atoms with Gasteiger partial charge in [-0.25, -0.2) is 0 Å². The molecule has 1 aromatic carbocycles. The first-order valence-corrected chi connectivity index (χ1v) is 6.35. The highest BCUT2D eigenvalue weighted by molar-refractivity contribution is 9.10. The molecule has 1 atom stereocenters. The van der Waals surface area contributed by atoms with Crippen LogP contribution in [0.5, 0.6) is 0 Å². The molecule has 0 fully saturated rings. The molecule has 17 heavy (non-hydrogen) atoms. The number of carboxylic acid groups (broad SMARTS) is 1. The lowest BCUT2D eigenvalue weighted by Crippen LogP contribution is -2.06. The number of carboxylic acids is 1. The zero-order chi connectivity index (χ0) is 12.6. The molecule has 0 aliphatic heterocycles. The monoisotopic (exact) mass is 295 g/mol. The lowest BCUT2D eigenvalue weighted by atomic mass is 10.0. The molecule has 0 radical (unpaired) electrons. The molecule has 0 aliphatic rings. The molecule has 4 heteroatoms. The number of nitrogens with zero attached hydrogens (tertiary/aromatic N) is 1. The third-order valence-electron chi connectivity index (χ3n) is 3.05. The maximum absolute atomic E-state index is 11.1. The maximum atomic E-state index is 11.1. The van der Waals surface area contributed by atoms with Crippen molar-refractivity contribution in [2.24, 2.45) is 0 Å². The van der Waals surface area contributed by atoms with E-state index in [0.29, 0.717) is 0 Å². The Bertz CT molecular complexity index is 574. The van der Waals surface area contributed by atoms with Crippen molar-refractivity contribution in [1.29, 1.82) is 0 Å². The van der Waals surface area contributed by atoms with Gasteiger partial charge in [-0.1, -0.05) is 15.9 Å². The van der Waals surface area contributed by atoms with E-state index < -0.39 is 11.9 Å². The first-order chi connectivity index (χ1) is 8.04. The lowest BCUT2D eigenvalue weighted by Gasteiger charge is -2.04. The number of rotatable bonds is 3. The smallest absolute Gasteiger partial charge is 0.310 e. The zero-order valence-electron chi connectivity index (χ0n) is 9.77. The molecule has 0 aliphatic carbocycles. The van der Waals surface area contributed by atoms with E-state index in [9.17, 15) is 4.79 Å². The summed E-state index contributed by atoms with van der Waals surface area (Å²) in [6, 6.07) is 5.97. The second-order valence-electron chi connectivity index (χ2n) is 4.09. The Morgan fingerprint density at radius 1 is 1.53 bits per heavy atom. The van der Waals surface area contributed by atoms with Crippen LogP contribution in [0.2, 0.25) is 0 Å². The fourth-order valence-electron chi connectivity index (χ4n) is 2.04. The minimum atomic E-state index is -0.792. The first-order valence-electron chi connectivity index (χ1n) is 5.55. The van der Waals surface area contributed by atoms with Crippen molar-refractivity contribution in [2.45, 2.75) is 26.3 Å². The normalized spacial score (nSPS) is 12.9. The lowest BCUT2D eigenvalue weighted by molar-refractivity contribution is -0.138. The fourth-order valence-corrected chi connectivity index (χ4v) is 2.40. The van der Waals surface area contributed by atoms with Gasteiger partial charge in [-0.15, -0.1) is 0 Å². The van der Waals surface area contributed by atoms with Crippen LogP contribution in [-0.4, -0.2) is 15.6 Å². The Hall–Kier alpha value is -1.29. The number of benzene rings is 1. The van der Waals surface area contributed by atoms with Crippen LogP contribution >= 0.6 is 15.9 Å². The predicted octanol–water partition coefficient (Wildman–Crippen LogP) is 3.61. The van der Waals surface area contributed by atoms with E-state index in [2.05, 4.69) is 27.4 Å². The first kappa shape index (κ1) is 12.2. The van der Waals surface area contributed by atoms with Gasteiger partial charge in [0.15, 0.2) is 0 Å². The van der Waals surface area contributed by atoms with Gasteiger partial charge in [-0.05, 0) is 37.6 Å². The number of aliphatic carboxylic acids is 1. The topological polar surface area (TPSA) is 42.2 Å². The van der Waals surface area contributed by atoms with E-state index in [4.69, 9.17) is 5.11 Å². The minimum Gasteiger partial charge on any atom is -0.481 e. The average Bonchev–Trinajstić information content (AvgIpc) is 2.65. The van der Waals surface area contributed by atoms with Crippen molar-refractivity contribution in [2.75, 3.05) is 0 Å². The number of fused-ring (bicyclic) bond motifs is 1. The summed E-state index contributed by atoms with van der Waals surface area (Å²) < 4.78 is 3.05. The number of aryl methyl sites for hydroxylation is 1. The van der Waals surface area contributed by atoms with Crippen molar-refractivity contribution < 1.29 is 9.90 Å². The van der Waals surface area contributed by atoms with E-state index in [1.54, 1.807) is 6.92 Å². The summed E-state index contributed by atoms with van der Waals surface area (Å²) in [6.45, 7) is 4.61. The van der Waals surface area contributed by atoms with E-state index in [-0.39, 0.29) is 0 Å². The molecule has 2 rings (SSSR count). The Morgan fingerprint density at radius 2 is 2.24 bits per heavy atom. The van der Waals surface area contributed by atoms with Gasteiger partial charge >= 0.3 is 5.97 Å². The van der Waals surface area contributed by atoms with E-state index in [1.807, 2.05) is 24.4 Å². The van der Waals surface area contributed by atoms with Crippen LogP contribution in [0.4, 0.5) is 0 Å². The van der Waals surface area contributed by atoms with E-state index in [1.165, 1.54) is 0 Å². The highest BCUT2D eigenvalue weighted by Gasteiger charge is 2.19. The van der Waals surface area contributed by atoms with Gasteiger partial charge in [0.25, 0.3) is 0 Å². The van der Waals surface area contributed by atoms with Crippen molar-refractivity contribution in [1.82, 2.24) is 4.57 Å². The standard InChI is InChI=1S/C13H14BrNO2/c1-3-15-7-11(8(2)13(16)17)10-6-9(14)4-5-12(10)15/h4-8H,3H2,1-2H3,(H,16,17). The molecule has 1 aromatic heterocycles. The van der Waals surface area contributed by atoms with Gasteiger partial charge in [0.05, 0.1) is 5.92 Å². The highest BCUT2D eigenvalue weighted by Crippen LogP contribution is 2.30. The zero-order valence-corrected chi connectivity index (χ0v) is 11.4. The summed E-state index contributed by atoms with van der Waals surface area (Å²) >= 11 is 3.43. The number of carbonyl (C=O) groups is 1. The third-order valence-corrected chi connectivity index (χ3v) is 3.54. The van der Waals surface area contributed by atoms with Gasteiger partial charge in [0.1, 0.15) is 0 Å². The van der Waals surface area contributed by atoms with Crippen LogP contribution in [0.1, 0.15) is 25.3 Å². The van der Waals surface area contributed by atoms with E-state index >= 15 is 0 Å². The summed E-state index contributed by atoms with van der Waals surface area (Å²) in [7, 11) is 0. The maximum Gasteiger partial charge on any atom is 0.310 e. The number of aromatic nitrogens is 1. The van der Waals surface area contributed by atoms with Crippen LogP contribution in [-0.2, 0) is 11.3 Å². The van der Waals surface area contributed by atoms with Crippen LogP contribution in [0.25, 0.3) is 10.9 Å². The van der Waals surface area contributed by atoms with Crippen molar-refractivity contribution in [3.63, 3.8) is 0 Å².